The van der Waals surface area contributed by atoms with Gasteiger partial charge in [0.15, 0.2) is 34.5 Å². The molecule has 0 aliphatic heterocycles. The number of benzene rings is 3. The van der Waals surface area contributed by atoms with Gasteiger partial charge in [-0.25, -0.2) is 13.5 Å². The molecule has 11 heteroatoms. The van der Waals surface area contributed by atoms with Crippen molar-refractivity contribution in [3.05, 3.63) is 90.4 Å². The average Bonchev–Trinajstić information content (AvgIpc) is 3.37. The number of amides is 1. The number of pyridine rings is 1. The fraction of sp³-hybridized carbons (Fsp3) is 0.167. The van der Waals surface area contributed by atoms with Crippen LogP contribution in [-0.4, -0.2) is 41.0 Å². The van der Waals surface area contributed by atoms with Gasteiger partial charge in [-0.3, -0.25) is 9.78 Å². The van der Waals surface area contributed by atoms with E-state index in [1.165, 1.54) is 67.7 Å². The lowest BCUT2D eigenvalue weighted by Gasteiger charge is -2.13. The third kappa shape index (κ3) is 5.88. The van der Waals surface area contributed by atoms with Gasteiger partial charge in [0.2, 0.25) is 0 Å². The van der Waals surface area contributed by atoms with Crippen LogP contribution in [0.3, 0.4) is 0 Å². The number of hydrogen-bond acceptors (Lipinski definition) is 7. The van der Waals surface area contributed by atoms with E-state index in [9.17, 15) is 9.18 Å². The first-order chi connectivity index (χ1) is 19.7. The molecule has 0 saturated carbocycles. The van der Waals surface area contributed by atoms with Crippen LogP contribution in [0.2, 0.25) is 0 Å². The van der Waals surface area contributed by atoms with E-state index in [1.807, 2.05) is 13.8 Å². The van der Waals surface area contributed by atoms with Gasteiger partial charge in [-0.1, -0.05) is 0 Å². The van der Waals surface area contributed by atoms with Crippen LogP contribution in [0, 0.1) is 11.6 Å². The molecule has 210 valence electrons. The summed E-state index contributed by atoms with van der Waals surface area (Å²) < 4.78 is 52.3. The van der Waals surface area contributed by atoms with Crippen molar-refractivity contribution in [3.8, 4) is 34.4 Å². The van der Waals surface area contributed by atoms with E-state index in [0.29, 0.717) is 33.8 Å². The molecule has 5 aromatic rings. The van der Waals surface area contributed by atoms with Crippen molar-refractivity contribution in [2.45, 2.75) is 20.0 Å². The Morgan fingerprint density at radius 1 is 0.878 bits per heavy atom. The first-order valence-corrected chi connectivity index (χ1v) is 12.6. The molecule has 0 bridgehead atoms. The molecule has 0 aliphatic rings. The summed E-state index contributed by atoms with van der Waals surface area (Å²) in [6.45, 7) is 3.62. The Hall–Kier alpha value is -5.19. The molecule has 0 radical (unpaired) electrons. The lowest BCUT2D eigenvalue weighted by atomic mass is 10.2. The van der Waals surface area contributed by atoms with Gasteiger partial charge in [0.1, 0.15) is 11.6 Å². The molecular weight excluding hydrogens is 534 g/mol. The molecule has 2 heterocycles. The van der Waals surface area contributed by atoms with Gasteiger partial charge < -0.3 is 24.3 Å². The maximum atomic E-state index is 15.2. The van der Waals surface area contributed by atoms with E-state index in [0.717, 1.165) is 6.07 Å². The second-order valence-electron chi connectivity index (χ2n) is 9.16. The molecule has 1 N–H and O–H groups in total. The van der Waals surface area contributed by atoms with E-state index >= 15 is 4.39 Å². The number of rotatable bonds is 9. The van der Waals surface area contributed by atoms with Crippen LogP contribution in [-0.2, 0) is 0 Å². The maximum Gasteiger partial charge on any atom is 0.280 e. The van der Waals surface area contributed by atoms with Crippen molar-refractivity contribution in [1.82, 2.24) is 14.8 Å². The lowest BCUT2D eigenvalue weighted by Crippen LogP contribution is -2.16. The largest absolute Gasteiger partial charge is 0.493 e. The van der Waals surface area contributed by atoms with Gasteiger partial charge in [-0.05, 0) is 62.4 Å². The number of aromatic nitrogens is 3. The lowest BCUT2D eigenvalue weighted by molar-refractivity contribution is 0.101. The number of hydrogen-bond donors (Lipinski definition) is 1. The minimum absolute atomic E-state index is 0.0172. The van der Waals surface area contributed by atoms with Gasteiger partial charge in [0.25, 0.3) is 5.91 Å². The fourth-order valence-electron chi connectivity index (χ4n) is 4.09. The van der Waals surface area contributed by atoms with Crippen molar-refractivity contribution in [3.63, 3.8) is 0 Å². The quantitative estimate of drug-likeness (QED) is 0.218. The second kappa shape index (κ2) is 11.5. The van der Waals surface area contributed by atoms with E-state index < -0.39 is 17.5 Å². The molecule has 3 aromatic carbocycles. The minimum atomic E-state index is -0.705. The van der Waals surface area contributed by atoms with E-state index in [-0.39, 0.29) is 29.0 Å². The van der Waals surface area contributed by atoms with Crippen LogP contribution < -0.4 is 24.3 Å². The SMILES string of the molecule is COc1cc2nccc(Oc3ccc(NC(=O)c4nn(-c5ccc(F)cc5)cc4OC(C)C)cc3F)c2cc1OC. The zero-order chi connectivity index (χ0) is 29.1. The van der Waals surface area contributed by atoms with E-state index in [2.05, 4.69) is 15.4 Å². The van der Waals surface area contributed by atoms with Gasteiger partial charge in [0, 0.05) is 29.4 Å². The highest BCUT2D eigenvalue weighted by Gasteiger charge is 2.21. The zero-order valence-corrected chi connectivity index (χ0v) is 22.6. The number of carbonyl (C=O) groups is 1. The molecule has 0 aliphatic carbocycles. The van der Waals surface area contributed by atoms with Crippen LogP contribution in [0.5, 0.6) is 28.7 Å². The molecule has 0 fully saturated rings. The molecule has 1 amide bonds. The number of methoxy groups -OCH3 is 2. The van der Waals surface area contributed by atoms with Crippen molar-refractivity contribution >= 4 is 22.5 Å². The molecule has 2 aromatic heterocycles. The summed E-state index contributed by atoms with van der Waals surface area (Å²) in [6.07, 6.45) is 2.83. The topological polar surface area (TPSA) is 96.7 Å². The molecule has 41 heavy (non-hydrogen) atoms. The normalized spacial score (nSPS) is 11.0. The van der Waals surface area contributed by atoms with Crippen LogP contribution in [0.4, 0.5) is 14.5 Å². The van der Waals surface area contributed by atoms with Gasteiger partial charge >= 0.3 is 0 Å². The van der Waals surface area contributed by atoms with Crippen molar-refractivity contribution in [2.24, 2.45) is 0 Å². The van der Waals surface area contributed by atoms with Crippen LogP contribution in [0.1, 0.15) is 24.3 Å². The summed E-state index contributed by atoms with van der Waals surface area (Å²) in [5, 5.41) is 7.56. The summed E-state index contributed by atoms with van der Waals surface area (Å²) in [7, 11) is 3.04. The van der Waals surface area contributed by atoms with E-state index in [1.54, 1.807) is 18.2 Å². The Bertz CT molecular complexity index is 1720. The predicted molar refractivity (Wildman–Crippen MR) is 149 cm³/mol. The highest BCUT2D eigenvalue weighted by Crippen LogP contribution is 2.37. The van der Waals surface area contributed by atoms with Crippen LogP contribution in [0.15, 0.2) is 73.1 Å². The molecular formula is C30H26F2N4O5. The summed E-state index contributed by atoms with van der Waals surface area (Å²) in [5.41, 5.74) is 1.27. The Balaban J connectivity index is 1.38. The van der Waals surface area contributed by atoms with Crippen LogP contribution in [0.25, 0.3) is 16.6 Å². The Morgan fingerprint density at radius 2 is 1.61 bits per heavy atom. The van der Waals surface area contributed by atoms with Crippen molar-refractivity contribution in [2.75, 3.05) is 19.5 Å². The molecule has 5 rings (SSSR count). The molecule has 9 nitrogen and oxygen atoms in total. The number of nitrogens with one attached hydrogen (secondary N) is 1. The summed E-state index contributed by atoms with van der Waals surface area (Å²) in [5.74, 6) is -0.231. The maximum absolute atomic E-state index is 15.2. The average molecular weight is 561 g/mol. The number of halogens is 2. The van der Waals surface area contributed by atoms with Crippen molar-refractivity contribution in [1.29, 1.82) is 0 Å². The summed E-state index contributed by atoms with van der Waals surface area (Å²) in [6, 6.07) is 14.7. The van der Waals surface area contributed by atoms with Gasteiger partial charge in [-0.15, -0.1) is 0 Å². The Labute approximate surface area is 234 Å². The standard InChI is InChI=1S/C30H26F2N4O5/c1-17(2)40-28-16-36(20-8-5-18(31)6-9-20)35-29(28)30(37)34-19-7-10-25(22(32)13-19)41-24-11-12-33-23-15-27(39-4)26(38-3)14-21(23)24/h5-17H,1-4H3,(H,34,37). The van der Waals surface area contributed by atoms with Crippen LogP contribution >= 0.6 is 0 Å². The highest BCUT2D eigenvalue weighted by molar-refractivity contribution is 6.04. The Kier molecular flexibility index (Phi) is 7.68. The molecule has 0 saturated heterocycles. The predicted octanol–water partition coefficient (Wildman–Crippen LogP) is 6.55. The monoisotopic (exact) mass is 560 g/mol. The smallest absolute Gasteiger partial charge is 0.280 e. The first kappa shape index (κ1) is 27.4. The van der Waals surface area contributed by atoms with E-state index in [4.69, 9.17) is 18.9 Å². The fourth-order valence-corrected chi connectivity index (χ4v) is 4.09. The summed E-state index contributed by atoms with van der Waals surface area (Å²) >= 11 is 0. The number of fused-ring (bicyclic) bond motifs is 1. The number of carbonyl (C=O) groups excluding carboxylic acids is 1. The molecule has 0 unspecified atom stereocenters. The number of nitrogens with zero attached hydrogens (tertiary/aromatic N) is 3. The Morgan fingerprint density at radius 3 is 2.29 bits per heavy atom. The molecule has 0 atom stereocenters. The third-order valence-electron chi connectivity index (χ3n) is 5.97. The zero-order valence-electron chi connectivity index (χ0n) is 22.6. The number of ether oxygens (including phenoxy) is 4. The highest BCUT2D eigenvalue weighted by atomic mass is 19.1. The van der Waals surface area contributed by atoms with Crippen molar-refractivity contribution < 1.29 is 32.5 Å². The van der Waals surface area contributed by atoms with Gasteiger partial charge in [0.05, 0.1) is 37.7 Å². The summed E-state index contributed by atoms with van der Waals surface area (Å²) in [4.78, 5) is 17.5. The second-order valence-corrected chi connectivity index (χ2v) is 9.16. The minimum Gasteiger partial charge on any atom is -0.493 e. The first-order valence-electron chi connectivity index (χ1n) is 12.6. The number of anilines is 1. The molecule has 0 spiro atoms. The third-order valence-corrected chi connectivity index (χ3v) is 5.97. The van der Waals surface area contributed by atoms with Gasteiger partial charge in [-0.2, -0.15) is 5.10 Å².